The highest BCUT2D eigenvalue weighted by atomic mass is 15.2. The Morgan fingerprint density at radius 1 is 1.43 bits per heavy atom. The van der Waals surface area contributed by atoms with Crippen LogP contribution in [0.25, 0.3) is 0 Å². The molecule has 0 aliphatic rings. The molecule has 0 saturated heterocycles. The standard InChI is InChI=1S/C11H21N3/c1-5-6-9(7(2)3)10-8(4)11(12)14-13-10/h7,9H,5-6H2,1-4H3,(H3,12,13,14). The molecule has 0 saturated carbocycles. The third-order valence-corrected chi connectivity index (χ3v) is 2.86. The number of H-pyrrole nitrogens is 1. The van der Waals surface area contributed by atoms with Crippen LogP contribution in [0.4, 0.5) is 5.82 Å². The van der Waals surface area contributed by atoms with Gasteiger partial charge in [-0.2, -0.15) is 5.10 Å². The molecule has 0 aliphatic carbocycles. The maximum Gasteiger partial charge on any atom is 0.148 e. The number of nitrogens with zero attached hydrogens (tertiary/aromatic N) is 1. The molecular weight excluding hydrogens is 174 g/mol. The zero-order chi connectivity index (χ0) is 10.7. The summed E-state index contributed by atoms with van der Waals surface area (Å²) >= 11 is 0. The molecule has 1 unspecified atom stereocenters. The minimum atomic E-state index is 0.560. The molecule has 1 aromatic heterocycles. The maximum absolute atomic E-state index is 5.73. The molecule has 0 aliphatic heterocycles. The molecule has 3 nitrogen and oxygen atoms in total. The molecule has 0 bridgehead atoms. The van der Waals surface area contributed by atoms with Gasteiger partial charge in [0.25, 0.3) is 0 Å². The van der Waals surface area contributed by atoms with Crippen molar-refractivity contribution < 1.29 is 0 Å². The van der Waals surface area contributed by atoms with Gasteiger partial charge in [-0.15, -0.1) is 0 Å². The molecule has 0 aromatic carbocycles. The Hall–Kier alpha value is -0.990. The second kappa shape index (κ2) is 4.49. The molecule has 1 atom stereocenters. The summed E-state index contributed by atoms with van der Waals surface area (Å²) in [4.78, 5) is 0. The molecule has 0 amide bonds. The lowest BCUT2D eigenvalue weighted by atomic mass is 9.87. The van der Waals surface area contributed by atoms with E-state index in [1.807, 2.05) is 6.92 Å². The summed E-state index contributed by atoms with van der Waals surface area (Å²) in [6.45, 7) is 8.75. The van der Waals surface area contributed by atoms with E-state index in [0.29, 0.717) is 17.7 Å². The van der Waals surface area contributed by atoms with Gasteiger partial charge in [0.1, 0.15) is 5.82 Å². The van der Waals surface area contributed by atoms with E-state index in [1.54, 1.807) is 0 Å². The third kappa shape index (κ3) is 2.08. The molecule has 3 N–H and O–H groups in total. The fourth-order valence-corrected chi connectivity index (χ4v) is 1.91. The lowest BCUT2D eigenvalue weighted by Gasteiger charge is -2.19. The van der Waals surface area contributed by atoms with E-state index in [0.717, 1.165) is 5.56 Å². The first-order valence-corrected chi connectivity index (χ1v) is 5.38. The monoisotopic (exact) mass is 195 g/mol. The lowest BCUT2D eigenvalue weighted by molar-refractivity contribution is 0.452. The highest BCUT2D eigenvalue weighted by molar-refractivity contribution is 5.42. The summed E-state index contributed by atoms with van der Waals surface area (Å²) in [6, 6.07) is 0. The largest absolute Gasteiger partial charge is 0.382 e. The van der Waals surface area contributed by atoms with Crippen LogP contribution in [0.5, 0.6) is 0 Å². The first-order valence-electron chi connectivity index (χ1n) is 5.38. The van der Waals surface area contributed by atoms with Crippen molar-refractivity contribution in [2.75, 3.05) is 5.73 Å². The summed E-state index contributed by atoms with van der Waals surface area (Å²) in [5.74, 6) is 1.83. The smallest absolute Gasteiger partial charge is 0.148 e. The van der Waals surface area contributed by atoms with E-state index < -0.39 is 0 Å². The molecular formula is C11H21N3. The number of aromatic nitrogens is 2. The van der Waals surface area contributed by atoms with Gasteiger partial charge >= 0.3 is 0 Å². The Morgan fingerprint density at radius 2 is 2.07 bits per heavy atom. The number of aromatic amines is 1. The minimum absolute atomic E-state index is 0.560. The average molecular weight is 195 g/mol. The topological polar surface area (TPSA) is 54.7 Å². The van der Waals surface area contributed by atoms with Crippen LogP contribution in [0.15, 0.2) is 0 Å². The van der Waals surface area contributed by atoms with E-state index in [9.17, 15) is 0 Å². The van der Waals surface area contributed by atoms with E-state index in [4.69, 9.17) is 5.73 Å². The number of nitrogens with one attached hydrogen (secondary N) is 1. The predicted octanol–water partition coefficient (Wildman–Crippen LogP) is 2.84. The molecule has 1 aromatic rings. The zero-order valence-corrected chi connectivity index (χ0v) is 9.59. The van der Waals surface area contributed by atoms with Gasteiger partial charge in [-0.1, -0.05) is 27.2 Å². The first kappa shape index (κ1) is 11.1. The van der Waals surface area contributed by atoms with Gasteiger partial charge in [-0.05, 0) is 19.3 Å². The van der Waals surface area contributed by atoms with Crippen molar-refractivity contribution in [3.63, 3.8) is 0 Å². The Labute approximate surface area is 86.1 Å². The summed E-state index contributed by atoms with van der Waals surface area (Å²) < 4.78 is 0. The van der Waals surface area contributed by atoms with Crippen molar-refractivity contribution in [2.24, 2.45) is 5.92 Å². The van der Waals surface area contributed by atoms with Crippen LogP contribution in [-0.2, 0) is 0 Å². The van der Waals surface area contributed by atoms with Crippen LogP contribution in [0, 0.1) is 12.8 Å². The van der Waals surface area contributed by atoms with Crippen molar-refractivity contribution in [3.05, 3.63) is 11.3 Å². The van der Waals surface area contributed by atoms with Gasteiger partial charge < -0.3 is 5.73 Å². The molecule has 0 fully saturated rings. The van der Waals surface area contributed by atoms with Crippen LogP contribution in [-0.4, -0.2) is 10.2 Å². The zero-order valence-electron chi connectivity index (χ0n) is 9.59. The van der Waals surface area contributed by atoms with Crippen LogP contribution in [0.3, 0.4) is 0 Å². The molecule has 1 heterocycles. The Bertz CT molecular complexity index is 289. The van der Waals surface area contributed by atoms with Gasteiger partial charge in [0.2, 0.25) is 0 Å². The van der Waals surface area contributed by atoms with E-state index in [-0.39, 0.29) is 0 Å². The van der Waals surface area contributed by atoms with Crippen molar-refractivity contribution in [1.82, 2.24) is 10.2 Å². The maximum atomic E-state index is 5.73. The van der Waals surface area contributed by atoms with Crippen molar-refractivity contribution in [2.45, 2.75) is 46.5 Å². The highest BCUT2D eigenvalue weighted by Crippen LogP contribution is 2.31. The molecule has 1 rings (SSSR count). The number of nitrogen functional groups attached to an aromatic ring is 1. The fourth-order valence-electron chi connectivity index (χ4n) is 1.91. The predicted molar refractivity (Wildman–Crippen MR) is 60.2 cm³/mol. The van der Waals surface area contributed by atoms with E-state index in [2.05, 4.69) is 31.0 Å². The summed E-state index contributed by atoms with van der Waals surface area (Å²) in [6.07, 6.45) is 2.39. The lowest BCUT2D eigenvalue weighted by Crippen LogP contribution is -2.08. The van der Waals surface area contributed by atoms with Crippen molar-refractivity contribution in [1.29, 1.82) is 0 Å². The Morgan fingerprint density at radius 3 is 2.43 bits per heavy atom. The molecule has 0 spiro atoms. The summed E-state index contributed by atoms with van der Waals surface area (Å²) in [7, 11) is 0. The Kier molecular flexibility index (Phi) is 3.55. The molecule has 0 radical (unpaired) electrons. The third-order valence-electron chi connectivity index (χ3n) is 2.86. The van der Waals surface area contributed by atoms with Crippen LogP contribution >= 0.6 is 0 Å². The van der Waals surface area contributed by atoms with Gasteiger partial charge in [-0.25, -0.2) is 0 Å². The first-order chi connectivity index (χ1) is 6.57. The SMILES string of the molecule is CCCC(c1[nH]nc(N)c1C)C(C)C. The second-order valence-corrected chi connectivity index (χ2v) is 4.29. The van der Waals surface area contributed by atoms with Crippen molar-refractivity contribution in [3.8, 4) is 0 Å². The molecule has 3 heteroatoms. The number of anilines is 1. The van der Waals surface area contributed by atoms with E-state index >= 15 is 0 Å². The highest BCUT2D eigenvalue weighted by Gasteiger charge is 2.19. The number of nitrogens with two attached hydrogens (primary N) is 1. The van der Waals surface area contributed by atoms with Crippen LogP contribution in [0.1, 0.15) is 50.8 Å². The number of hydrogen-bond donors (Lipinski definition) is 2. The number of hydrogen-bond acceptors (Lipinski definition) is 2. The normalized spacial score (nSPS) is 13.5. The molecule has 80 valence electrons. The van der Waals surface area contributed by atoms with Gasteiger partial charge in [0, 0.05) is 17.2 Å². The number of rotatable bonds is 4. The second-order valence-electron chi connectivity index (χ2n) is 4.29. The van der Waals surface area contributed by atoms with Crippen molar-refractivity contribution >= 4 is 5.82 Å². The fraction of sp³-hybridized carbons (Fsp3) is 0.727. The molecule has 14 heavy (non-hydrogen) atoms. The summed E-state index contributed by atoms with van der Waals surface area (Å²) in [5.41, 5.74) is 8.08. The summed E-state index contributed by atoms with van der Waals surface area (Å²) in [5, 5.41) is 7.12. The van der Waals surface area contributed by atoms with Crippen LogP contribution < -0.4 is 5.73 Å². The van der Waals surface area contributed by atoms with Gasteiger partial charge in [0.05, 0.1) is 0 Å². The van der Waals surface area contributed by atoms with Gasteiger partial charge in [0.15, 0.2) is 0 Å². The quantitative estimate of drug-likeness (QED) is 0.776. The van der Waals surface area contributed by atoms with Gasteiger partial charge in [-0.3, -0.25) is 5.10 Å². The van der Waals surface area contributed by atoms with Crippen LogP contribution in [0.2, 0.25) is 0 Å². The Balaban J connectivity index is 2.93. The minimum Gasteiger partial charge on any atom is -0.382 e. The average Bonchev–Trinajstić information content (AvgIpc) is 2.44. The van der Waals surface area contributed by atoms with E-state index in [1.165, 1.54) is 18.5 Å².